The van der Waals surface area contributed by atoms with Crippen LogP contribution in [0.4, 0.5) is 4.39 Å². The number of nitrogens with zero attached hydrogens (tertiary/aromatic N) is 4. The molecule has 4 heterocycles. The first-order valence-electron chi connectivity index (χ1n) is 14.5. The fourth-order valence-electron chi connectivity index (χ4n) is 6.38. The maximum atomic E-state index is 14.4. The minimum absolute atomic E-state index is 0.170. The van der Waals surface area contributed by atoms with Crippen LogP contribution in [0.15, 0.2) is 58.6 Å². The Hall–Kier alpha value is -4.87. The van der Waals surface area contributed by atoms with Crippen LogP contribution < -0.4 is 15.5 Å². The number of ether oxygens (including phenoxy) is 1. The Morgan fingerprint density at radius 1 is 1.20 bits per heavy atom. The molecule has 2 bridgehead atoms. The lowest BCUT2D eigenvalue weighted by Gasteiger charge is -2.45. The van der Waals surface area contributed by atoms with Gasteiger partial charge < -0.3 is 34.4 Å². The number of aromatic hydroxyl groups is 1. The number of methoxy groups -OCH3 is 1. The van der Waals surface area contributed by atoms with E-state index in [4.69, 9.17) is 9.57 Å². The largest absolute Gasteiger partial charge is 0.503 e. The van der Waals surface area contributed by atoms with Crippen LogP contribution in [0, 0.1) is 12.7 Å². The van der Waals surface area contributed by atoms with Gasteiger partial charge in [-0.3, -0.25) is 14.4 Å². The number of carbonyl (C=O) groups excluding carboxylic acids is 2. The van der Waals surface area contributed by atoms with E-state index in [-0.39, 0.29) is 36.0 Å². The molecule has 1 saturated heterocycles. The number of aryl methyl sites for hydroxylation is 1. The number of fused-ring (bicyclic) bond motifs is 5. The zero-order chi connectivity index (χ0) is 31.3. The van der Waals surface area contributed by atoms with Gasteiger partial charge in [0.25, 0.3) is 11.8 Å². The molecule has 1 fully saturated rings. The summed E-state index contributed by atoms with van der Waals surface area (Å²) in [5.74, 6) is -1.27. The summed E-state index contributed by atoms with van der Waals surface area (Å²) in [6.07, 6.45) is 2.34. The number of aromatic nitrogens is 1. The van der Waals surface area contributed by atoms with Crippen LogP contribution in [-0.2, 0) is 17.9 Å². The molecule has 2 aromatic carbocycles. The lowest BCUT2D eigenvalue weighted by molar-refractivity contribution is -0.142. The minimum atomic E-state index is -1.09. The van der Waals surface area contributed by atoms with E-state index in [9.17, 15) is 23.9 Å². The third-order valence-electron chi connectivity index (χ3n) is 8.93. The van der Waals surface area contributed by atoms with Gasteiger partial charge in [0.2, 0.25) is 11.2 Å². The van der Waals surface area contributed by atoms with E-state index >= 15 is 0 Å². The summed E-state index contributed by atoms with van der Waals surface area (Å²) in [5.41, 5.74) is -0.712. The van der Waals surface area contributed by atoms with Crippen LogP contribution in [0.25, 0.3) is 0 Å². The minimum Gasteiger partial charge on any atom is -0.503 e. The van der Waals surface area contributed by atoms with Gasteiger partial charge >= 0.3 is 0 Å². The zero-order valence-corrected chi connectivity index (χ0v) is 25.0. The standard InChI is InChI=1S/C32H34FN5O6/c1-18-5-8-22(25(33)13-18)14-34-30(41)24-16-37-26-17-36(31(42)27(37)29(40)28(24)39)19(2)11-12-32(26)38(20(3)35-44-32)15-21-6-9-23(43-4)10-7-21/h5-10,13,16,19,26,40H,11-12,14-15,17H2,1-4H3,(H,34,41)/t19-,26+,32+/m0/s1. The van der Waals surface area contributed by atoms with Crippen molar-refractivity contribution >= 4 is 17.6 Å². The summed E-state index contributed by atoms with van der Waals surface area (Å²) in [4.78, 5) is 50.3. The van der Waals surface area contributed by atoms with Gasteiger partial charge in [0.15, 0.2) is 11.4 Å². The molecule has 0 unspecified atom stereocenters. The second kappa shape index (κ2) is 11.0. The summed E-state index contributed by atoms with van der Waals surface area (Å²) in [6.45, 7) is 5.97. The van der Waals surface area contributed by atoms with E-state index in [1.54, 1.807) is 31.1 Å². The van der Waals surface area contributed by atoms with E-state index < -0.39 is 40.6 Å². The van der Waals surface area contributed by atoms with Crippen molar-refractivity contribution in [1.82, 2.24) is 19.7 Å². The summed E-state index contributed by atoms with van der Waals surface area (Å²) in [7, 11) is 1.60. The second-order valence-corrected chi connectivity index (χ2v) is 11.6. The molecule has 3 aliphatic heterocycles. The van der Waals surface area contributed by atoms with Crippen LogP contribution in [0.1, 0.15) is 70.3 Å². The van der Waals surface area contributed by atoms with Gasteiger partial charge in [0, 0.05) is 43.9 Å². The predicted molar refractivity (Wildman–Crippen MR) is 159 cm³/mol. The first kappa shape index (κ1) is 29.2. The smallest absolute Gasteiger partial charge is 0.274 e. The molecule has 0 saturated carbocycles. The Morgan fingerprint density at radius 2 is 1.95 bits per heavy atom. The molecule has 44 heavy (non-hydrogen) atoms. The topological polar surface area (TPSA) is 126 Å². The highest BCUT2D eigenvalue weighted by Gasteiger charge is 2.57. The number of hydrogen-bond acceptors (Lipinski definition) is 8. The van der Waals surface area contributed by atoms with Crippen LogP contribution in [0.2, 0.25) is 0 Å². The number of oxime groups is 1. The van der Waals surface area contributed by atoms with Crippen LogP contribution >= 0.6 is 0 Å². The summed E-state index contributed by atoms with van der Waals surface area (Å²) >= 11 is 0. The number of rotatable bonds is 6. The first-order valence-corrected chi connectivity index (χ1v) is 14.5. The number of nitrogens with one attached hydrogen (secondary N) is 1. The van der Waals surface area contributed by atoms with Crippen molar-refractivity contribution in [2.24, 2.45) is 5.16 Å². The summed E-state index contributed by atoms with van der Waals surface area (Å²) in [6, 6.07) is 11.4. The summed E-state index contributed by atoms with van der Waals surface area (Å²) in [5, 5.41) is 18.1. The normalized spacial score (nSPS) is 22.3. The molecule has 1 aromatic heterocycles. The number of carbonyl (C=O) groups is 2. The molecule has 2 N–H and O–H groups in total. The third-order valence-corrected chi connectivity index (χ3v) is 8.93. The van der Waals surface area contributed by atoms with Crippen LogP contribution in [-0.4, -0.2) is 62.5 Å². The van der Waals surface area contributed by atoms with Gasteiger partial charge in [0.1, 0.15) is 29.0 Å². The Bertz CT molecular complexity index is 1740. The SMILES string of the molecule is COc1ccc(CN2C(C)=NO[C@@]23CC[C@H](C)N2C[C@H]3n3cc(C(=O)NCc4ccc(C)cc4F)c(=O)c(O)c3C2=O)cc1. The van der Waals surface area contributed by atoms with Crippen LogP contribution in [0.3, 0.4) is 0 Å². The second-order valence-electron chi connectivity index (χ2n) is 11.6. The molecule has 3 aromatic rings. The highest BCUT2D eigenvalue weighted by Crippen LogP contribution is 2.47. The molecule has 230 valence electrons. The number of amidine groups is 1. The molecule has 0 radical (unpaired) electrons. The molecule has 6 rings (SSSR count). The highest BCUT2D eigenvalue weighted by molar-refractivity contribution is 5.99. The van der Waals surface area contributed by atoms with E-state index in [1.165, 1.54) is 16.8 Å². The number of amides is 2. The molecule has 1 spiro atoms. The van der Waals surface area contributed by atoms with Gasteiger partial charge in [-0.25, -0.2) is 4.39 Å². The van der Waals surface area contributed by atoms with Crippen LogP contribution in [0.5, 0.6) is 11.5 Å². The Morgan fingerprint density at radius 3 is 2.66 bits per heavy atom. The van der Waals surface area contributed by atoms with E-state index in [2.05, 4.69) is 10.5 Å². The zero-order valence-electron chi connectivity index (χ0n) is 25.0. The van der Waals surface area contributed by atoms with Gasteiger partial charge in [-0.05, 0) is 56.5 Å². The van der Waals surface area contributed by atoms with Gasteiger partial charge in [-0.2, -0.15) is 0 Å². The maximum absolute atomic E-state index is 14.4. The molecule has 3 atom stereocenters. The van der Waals surface area contributed by atoms with Crippen molar-refractivity contribution in [1.29, 1.82) is 0 Å². The Kier molecular flexibility index (Phi) is 7.30. The van der Waals surface area contributed by atoms with Crippen molar-refractivity contribution in [3.63, 3.8) is 0 Å². The number of hydrogen-bond donors (Lipinski definition) is 2. The lowest BCUT2D eigenvalue weighted by Crippen LogP contribution is -2.58. The van der Waals surface area contributed by atoms with Crippen molar-refractivity contribution in [2.75, 3.05) is 13.7 Å². The molecule has 11 nitrogen and oxygen atoms in total. The maximum Gasteiger partial charge on any atom is 0.274 e. The predicted octanol–water partition coefficient (Wildman–Crippen LogP) is 3.68. The molecular weight excluding hydrogens is 569 g/mol. The molecule has 0 aliphatic carbocycles. The van der Waals surface area contributed by atoms with Gasteiger partial charge in [0.05, 0.1) is 7.11 Å². The monoisotopic (exact) mass is 603 g/mol. The molecule has 3 aliphatic rings. The molecule has 2 amide bonds. The first-order chi connectivity index (χ1) is 21.0. The third kappa shape index (κ3) is 4.74. The van der Waals surface area contributed by atoms with Crippen molar-refractivity contribution in [3.05, 3.63) is 92.6 Å². The van der Waals surface area contributed by atoms with Crippen molar-refractivity contribution in [3.8, 4) is 11.5 Å². The number of pyridine rings is 1. The van der Waals surface area contributed by atoms with E-state index in [0.29, 0.717) is 25.2 Å². The average Bonchev–Trinajstić information content (AvgIpc) is 3.25. The lowest BCUT2D eigenvalue weighted by atomic mass is 9.93. The van der Waals surface area contributed by atoms with Gasteiger partial charge in [-0.1, -0.05) is 29.4 Å². The molecular formula is C32H34FN5O6. The highest BCUT2D eigenvalue weighted by atomic mass is 19.1. The summed E-state index contributed by atoms with van der Waals surface area (Å²) < 4.78 is 21.2. The fourth-order valence-corrected chi connectivity index (χ4v) is 6.38. The fraction of sp³-hybridized carbons (Fsp3) is 0.375. The van der Waals surface area contributed by atoms with Gasteiger partial charge in [-0.15, -0.1) is 0 Å². The Labute approximate surface area is 253 Å². The Balaban J connectivity index is 1.41. The number of benzene rings is 2. The average molecular weight is 604 g/mol. The van der Waals surface area contributed by atoms with Crippen molar-refractivity contribution < 1.29 is 28.7 Å². The van der Waals surface area contributed by atoms with Crippen molar-refractivity contribution in [2.45, 2.75) is 64.5 Å². The van der Waals surface area contributed by atoms with E-state index in [1.807, 2.05) is 43.0 Å². The van der Waals surface area contributed by atoms with E-state index in [0.717, 1.165) is 16.9 Å². The number of halogens is 1. The quantitative estimate of drug-likeness (QED) is 0.440. The molecule has 12 heteroatoms.